The lowest BCUT2D eigenvalue weighted by Gasteiger charge is -2.20. The minimum Gasteiger partial charge on any atom is -0.350 e. The van der Waals surface area contributed by atoms with E-state index in [1.165, 1.54) is 0 Å². The van der Waals surface area contributed by atoms with Gasteiger partial charge in [-0.3, -0.25) is 9.59 Å². The van der Waals surface area contributed by atoms with E-state index in [2.05, 4.69) is 15.7 Å². The molecule has 0 saturated heterocycles. The van der Waals surface area contributed by atoms with Crippen LogP contribution in [0.1, 0.15) is 31.1 Å². The van der Waals surface area contributed by atoms with Crippen molar-refractivity contribution in [1.82, 2.24) is 20.4 Å². The van der Waals surface area contributed by atoms with Crippen molar-refractivity contribution in [3.05, 3.63) is 48.3 Å². The summed E-state index contributed by atoms with van der Waals surface area (Å²) in [6.07, 6.45) is 3.51. The number of nitrogens with zero attached hydrogens (tertiary/aromatic N) is 2. The van der Waals surface area contributed by atoms with Gasteiger partial charge in [0, 0.05) is 23.5 Å². The van der Waals surface area contributed by atoms with E-state index in [4.69, 9.17) is 0 Å². The Balaban J connectivity index is 1.92. The second-order valence-corrected chi connectivity index (χ2v) is 5.98. The molecule has 2 rings (SSSR count). The van der Waals surface area contributed by atoms with E-state index in [1.54, 1.807) is 35.1 Å². The lowest BCUT2D eigenvalue weighted by molar-refractivity contribution is -0.121. The van der Waals surface area contributed by atoms with Crippen molar-refractivity contribution in [2.45, 2.75) is 26.3 Å². The number of hydrogen-bond donors (Lipinski definition) is 2. The molecule has 1 heterocycles. The normalized spacial score (nSPS) is 11.0. The molecule has 1 aromatic carbocycles. The van der Waals surface area contributed by atoms with E-state index >= 15 is 0 Å². The molecule has 0 aliphatic carbocycles. The van der Waals surface area contributed by atoms with Gasteiger partial charge in [-0.15, -0.1) is 0 Å². The Morgan fingerprint density at radius 1 is 1.18 bits per heavy atom. The minimum atomic E-state index is -0.312. The third-order valence-electron chi connectivity index (χ3n) is 2.82. The second-order valence-electron chi connectivity index (χ2n) is 5.98. The number of amides is 2. The van der Waals surface area contributed by atoms with Crippen molar-refractivity contribution >= 4 is 11.8 Å². The minimum absolute atomic E-state index is 0.0446. The molecule has 2 N–H and O–H groups in total. The summed E-state index contributed by atoms with van der Waals surface area (Å²) < 4.78 is 1.71. The largest absolute Gasteiger partial charge is 0.350 e. The van der Waals surface area contributed by atoms with Gasteiger partial charge >= 0.3 is 0 Å². The molecule has 0 saturated carbocycles. The zero-order valence-electron chi connectivity index (χ0n) is 13.0. The van der Waals surface area contributed by atoms with Gasteiger partial charge in [-0.1, -0.05) is 0 Å². The van der Waals surface area contributed by atoms with E-state index in [1.807, 2.05) is 33.0 Å². The molecule has 0 aliphatic rings. The van der Waals surface area contributed by atoms with Crippen molar-refractivity contribution in [2.75, 3.05) is 6.54 Å². The molecular weight excluding hydrogens is 280 g/mol. The maximum atomic E-state index is 12.0. The van der Waals surface area contributed by atoms with E-state index in [0.29, 0.717) is 5.56 Å². The number of hydrogen-bond acceptors (Lipinski definition) is 3. The van der Waals surface area contributed by atoms with Crippen molar-refractivity contribution in [1.29, 1.82) is 0 Å². The zero-order valence-corrected chi connectivity index (χ0v) is 13.0. The average molecular weight is 300 g/mol. The highest BCUT2D eigenvalue weighted by Crippen LogP contribution is 2.08. The highest BCUT2D eigenvalue weighted by atomic mass is 16.2. The highest BCUT2D eigenvalue weighted by molar-refractivity contribution is 5.96. The van der Waals surface area contributed by atoms with E-state index in [-0.39, 0.29) is 23.9 Å². The number of benzene rings is 1. The molecule has 22 heavy (non-hydrogen) atoms. The molecule has 116 valence electrons. The predicted octanol–water partition coefficient (Wildman–Crippen LogP) is 1.52. The number of carbonyl (C=O) groups excluding carboxylic acids is 2. The van der Waals surface area contributed by atoms with Crippen molar-refractivity contribution in [3.63, 3.8) is 0 Å². The summed E-state index contributed by atoms with van der Waals surface area (Å²) in [5, 5.41) is 9.51. The van der Waals surface area contributed by atoms with Crippen LogP contribution in [0.3, 0.4) is 0 Å². The van der Waals surface area contributed by atoms with Crippen LogP contribution in [-0.4, -0.2) is 33.7 Å². The third-order valence-corrected chi connectivity index (χ3v) is 2.82. The van der Waals surface area contributed by atoms with Gasteiger partial charge in [0.2, 0.25) is 5.91 Å². The van der Waals surface area contributed by atoms with Crippen molar-refractivity contribution < 1.29 is 9.59 Å². The summed E-state index contributed by atoms with van der Waals surface area (Å²) in [4.78, 5) is 23.7. The summed E-state index contributed by atoms with van der Waals surface area (Å²) in [7, 11) is 0. The topological polar surface area (TPSA) is 76.0 Å². The predicted molar refractivity (Wildman–Crippen MR) is 83.8 cm³/mol. The SMILES string of the molecule is CC(C)(C)NC(=O)CNC(=O)c1ccc(-n2cccn2)cc1. The standard InChI is InChI=1S/C16H20N4O2/c1-16(2,3)19-14(21)11-17-15(22)12-5-7-13(8-6-12)20-10-4-9-18-20/h4-10H,11H2,1-3H3,(H,17,22)(H,19,21). The molecule has 6 heteroatoms. The molecule has 0 fully saturated rings. The molecule has 2 amide bonds. The van der Waals surface area contributed by atoms with E-state index < -0.39 is 0 Å². The Hall–Kier alpha value is -2.63. The summed E-state index contributed by atoms with van der Waals surface area (Å²) >= 11 is 0. The Morgan fingerprint density at radius 2 is 1.86 bits per heavy atom. The molecule has 1 aromatic heterocycles. The van der Waals surface area contributed by atoms with Crippen molar-refractivity contribution in [3.8, 4) is 5.69 Å². The molecule has 0 atom stereocenters. The van der Waals surface area contributed by atoms with Crippen LogP contribution >= 0.6 is 0 Å². The van der Waals surface area contributed by atoms with E-state index in [9.17, 15) is 9.59 Å². The van der Waals surface area contributed by atoms with Crippen LogP contribution in [0.2, 0.25) is 0 Å². The highest BCUT2D eigenvalue weighted by Gasteiger charge is 2.14. The molecule has 0 spiro atoms. The van der Waals surface area contributed by atoms with Gasteiger partial charge in [-0.05, 0) is 51.1 Å². The molecule has 0 radical (unpaired) electrons. The van der Waals surface area contributed by atoms with Gasteiger partial charge in [0.05, 0.1) is 12.2 Å². The summed E-state index contributed by atoms with van der Waals surface area (Å²) in [5.41, 5.74) is 1.05. The fourth-order valence-corrected chi connectivity index (χ4v) is 1.91. The lowest BCUT2D eigenvalue weighted by Crippen LogP contribution is -2.45. The third kappa shape index (κ3) is 4.44. The Morgan fingerprint density at radius 3 is 2.41 bits per heavy atom. The monoisotopic (exact) mass is 300 g/mol. The van der Waals surface area contributed by atoms with Crippen LogP contribution in [-0.2, 0) is 4.79 Å². The fraction of sp³-hybridized carbons (Fsp3) is 0.312. The van der Waals surface area contributed by atoms with Gasteiger partial charge in [0.1, 0.15) is 0 Å². The van der Waals surface area contributed by atoms with Crippen LogP contribution < -0.4 is 10.6 Å². The smallest absolute Gasteiger partial charge is 0.251 e. The maximum absolute atomic E-state index is 12.0. The lowest BCUT2D eigenvalue weighted by atomic mass is 10.1. The van der Waals surface area contributed by atoms with Gasteiger partial charge in [0.15, 0.2) is 0 Å². The van der Waals surface area contributed by atoms with Crippen LogP contribution in [0, 0.1) is 0 Å². The number of carbonyl (C=O) groups is 2. The molecular formula is C16H20N4O2. The first kappa shape index (κ1) is 15.8. The fourth-order valence-electron chi connectivity index (χ4n) is 1.91. The first-order valence-corrected chi connectivity index (χ1v) is 7.04. The number of aromatic nitrogens is 2. The molecule has 2 aromatic rings. The van der Waals surface area contributed by atoms with Crippen LogP contribution in [0.5, 0.6) is 0 Å². The van der Waals surface area contributed by atoms with Gasteiger partial charge in [0.25, 0.3) is 5.91 Å². The van der Waals surface area contributed by atoms with Crippen LogP contribution in [0.4, 0.5) is 0 Å². The van der Waals surface area contributed by atoms with Crippen molar-refractivity contribution in [2.24, 2.45) is 0 Å². The quantitative estimate of drug-likeness (QED) is 0.899. The Kier molecular flexibility index (Phi) is 4.60. The first-order chi connectivity index (χ1) is 10.3. The molecule has 0 bridgehead atoms. The van der Waals surface area contributed by atoms with Gasteiger partial charge in [-0.25, -0.2) is 4.68 Å². The Labute approximate surface area is 129 Å². The summed E-state index contributed by atoms with van der Waals surface area (Å²) in [6, 6.07) is 8.84. The Bertz CT molecular complexity index is 640. The first-order valence-electron chi connectivity index (χ1n) is 7.04. The summed E-state index contributed by atoms with van der Waals surface area (Å²) in [6.45, 7) is 5.62. The maximum Gasteiger partial charge on any atom is 0.251 e. The number of nitrogens with one attached hydrogen (secondary N) is 2. The van der Waals surface area contributed by atoms with Crippen LogP contribution in [0.15, 0.2) is 42.7 Å². The number of rotatable bonds is 4. The molecule has 0 aliphatic heterocycles. The zero-order chi connectivity index (χ0) is 16.2. The molecule has 6 nitrogen and oxygen atoms in total. The average Bonchev–Trinajstić information content (AvgIpc) is 2.97. The second kappa shape index (κ2) is 6.43. The molecule has 0 unspecified atom stereocenters. The van der Waals surface area contributed by atoms with Gasteiger partial charge in [-0.2, -0.15) is 5.10 Å². The van der Waals surface area contributed by atoms with E-state index in [0.717, 1.165) is 5.69 Å². The van der Waals surface area contributed by atoms with Gasteiger partial charge < -0.3 is 10.6 Å². The summed E-state index contributed by atoms with van der Waals surface area (Å²) in [5.74, 6) is -0.495. The van der Waals surface area contributed by atoms with Crippen LogP contribution in [0.25, 0.3) is 5.69 Å².